The first-order chi connectivity index (χ1) is 13.3. The van der Waals surface area contributed by atoms with Gasteiger partial charge in [0, 0.05) is 45.3 Å². The van der Waals surface area contributed by atoms with Crippen molar-refractivity contribution in [2.45, 2.75) is 12.8 Å². The molecule has 154 valence electrons. The summed E-state index contributed by atoms with van der Waals surface area (Å²) in [7, 11) is 1.77. The lowest BCUT2D eigenvalue weighted by atomic mass is 10.2. The third kappa shape index (κ3) is 6.71. The fourth-order valence-corrected chi connectivity index (χ4v) is 2.85. The van der Waals surface area contributed by atoms with Crippen molar-refractivity contribution in [2.75, 3.05) is 53.0 Å². The lowest BCUT2D eigenvalue weighted by Gasteiger charge is -2.26. The highest BCUT2D eigenvalue weighted by molar-refractivity contribution is 14.0. The number of guanidine groups is 1. The predicted molar refractivity (Wildman–Crippen MR) is 120 cm³/mol. The van der Waals surface area contributed by atoms with E-state index in [0.717, 1.165) is 50.9 Å². The highest BCUT2D eigenvalue weighted by atomic mass is 127. The maximum Gasteiger partial charge on any atom is 0.231 e. The number of aliphatic imine (C=N–C) groups is 1. The van der Waals surface area contributed by atoms with Gasteiger partial charge in [-0.15, -0.1) is 24.0 Å². The fourth-order valence-electron chi connectivity index (χ4n) is 2.85. The summed E-state index contributed by atoms with van der Waals surface area (Å²) in [6, 6.07) is 9.83. The Morgan fingerprint density at radius 2 is 1.96 bits per heavy atom. The fraction of sp³-hybridized carbons (Fsp3) is 0.526. The van der Waals surface area contributed by atoms with E-state index in [4.69, 9.17) is 9.26 Å². The molecule has 1 atom stereocenters. The Morgan fingerprint density at radius 3 is 2.68 bits per heavy atom. The normalized spacial score (nSPS) is 16.3. The molecule has 2 heterocycles. The van der Waals surface area contributed by atoms with Crippen molar-refractivity contribution in [3.63, 3.8) is 0 Å². The molecule has 8 nitrogen and oxygen atoms in total. The zero-order valence-corrected chi connectivity index (χ0v) is 18.8. The van der Waals surface area contributed by atoms with Crippen LogP contribution in [0.1, 0.15) is 18.7 Å². The van der Waals surface area contributed by atoms with Crippen LogP contribution in [0.5, 0.6) is 0 Å². The van der Waals surface area contributed by atoms with Gasteiger partial charge in [-0.05, 0) is 0 Å². The second kappa shape index (κ2) is 12.0. The highest BCUT2D eigenvalue weighted by Gasteiger charge is 2.16. The molecule has 2 aromatic rings. The van der Waals surface area contributed by atoms with Crippen molar-refractivity contribution >= 4 is 29.9 Å². The molecule has 1 fully saturated rings. The van der Waals surface area contributed by atoms with Crippen LogP contribution in [0.4, 0.5) is 0 Å². The van der Waals surface area contributed by atoms with Gasteiger partial charge in [-0.3, -0.25) is 9.89 Å². The van der Waals surface area contributed by atoms with Crippen molar-refractivity contribution in [3.05, 3.63) is 36.2 Å². The van der Waals surface area contributed by atoms with Gasteiger partial charge in [-0.2, -0.15) is 4.98 Å². The van der Waals surface area contributed by atoms with Crippen LogP contribution in [0.3, 0.4) is 0 Å². The van der Waals surface area contributed by atoms with E-state index in [1.54, 1.807) is 7.05 Å². The summed E-state index contributed by atoms with van der Waals surface area (Å²) in [5.74, 6) is 2.08. The lowest BCUT2D eigenvalue weighted by Crippen LogP contribution is -2.45. The van der Waals surface area contributed by atoms with Crippen LogP contribution in [0.15, 0.2) is 39.8 Å². The predicted octanol–water partition coefficient (Wildman–Crippen LogP) is 1.96. The van der Waals surface area contributed by atoms with E-state index < -0.39 is 0 Å². The van der Waals surface area contributed by atoms with Crippen LogP contribution in [0.25, 0.3) is 11.4 Å². The molecule has 0 bridgehead atoms. The zero-order valence-electron chi connectivity index (χ0n) is 16.4. The number of halogens is 1. The van der Waals surface area contributed by atoms with Crippen LogP contribution in [0.2, 0.25) is 0 Å². The average molecular weight is 500 g/mol. The summed E-state index contributed by atoms with van der Waals surface area (Å²) in [5.41, 5.74) is 0.952. The number of benzene rings is 1. The standard InChI is InChI=1S/C19H28N6O2.HI/c1-15(18-23-17(24-27-18)16-6-4-3-5-7-16)14-22-19(20-2)21-8-9-25-10-12-26-13-11-25;/h3-7,15H,8-14H2,1-2H3,(H2,20,21,22);1H. The Labute approximate surface area is 183 Å². The van der Waals surface area contributed by atoms with Crippen LogP contribution < -0.4 is 10.6 Å². The Hall–Kier alpha value is -1.72. The number of nitrogens with one attached hydrogen (secondary N) is 2. The Morgan fingerprint density at radius 1 is 1.21 bits per heavy atom. The summed E-state index contributed by atoms with van der Waals surface area (Å²) in [5, 5.41) is 10.7. The molecule has 1 unspecified atom stereocenters. The summed E-state index contributed by atoms with van der Waals surface area (Å²) in [6.07, 6.45) is 0. The number of nitrogens with zero attached hydrogens (tertiary/aromatic N) is 4. The van der Waals surface area contributed by atoms with Crippen molar-refractivity contribution in [1.29, 1.82) is 0 Å². The van der Waals surface area contributed by atoms with Gasteiger partial charge in [-0.1, -0.05) is 42.4 Å². The molecule has 0 amide bonds. The van der Waals surface area contributed by atoms with Crippen LogP contribution in [0, 0.1) is 0 Å². The number of ether oxygens (including phenoxy) is 1. The SMILES string of the molecule is CN=C(NCCN1CCOCC1)NCC(C)c1nc(-c2ccccc2)no1.I. The van der Waals surface area contributed by atoms with E-state index in [0.29, 0.717) is 18.3 Å². The summed E-state index contributed by atoms with van der Waals surface area (Å²) >= 11 is 0. The van der Waals surface area contributed by atoms with E-state index in [1.807, 2.05) is 30.3 Å². The number of morpholine rings is 1. The van der Waals surface area contributed by atoms with Crippen molar-refractivity contribution in [1.82, 2.24) is 25.7 Å². The Bertz CT molecular complexity index is 718. The van der Waals surface area contributed by atoms with Gasteiger partial charge < -0.3 is 19.9 Å². The molecule has 1 aliphatic rings. The van der Waals surface area contributed by atoms with Gasteiger partial charge in [-0.25, -0.2) is 0 Å². The average Bonchev–Trinajstić information content (AvgIpc) is 3.22. The molecule has 0 spiro atoms. The first-order valence-corrected chi connectivity index (χ1v) is 9.40. The summed E-state index contributed by atoms with van der Waals surface area (Å²) in [4.78, 5) is 11.2. The number of rotatable bonds is 7. The second-order valence-corrected chi connectivity index (χ2v) is 6.56. The summed E-state index contributed by atoms with van der Waals surface area (Å²) in [6.45, 7) is 8.15. The molecule has 9 heteroatoms. The van der Waals surface area contributed by atoms with Gasteiger partial charge in [0.05, 0.1) is 19.1 Å². The van der Waals surface area contributed by atoms with E-state index in [2.05, 4.69) is 37.6 Å². The van der Waals surface area contributed by atoms with Gasteiger partial charge in [0.2, 0.25) is 11.7 Å². The topological polar surface area (TPSA) is 87.8 Å². The zero-order chi connectivity index (χ0) is 18.9. The summed E-state index contributed by atoms with van der Waals surface area (Å²) < 4.78 is 10.8. The molecule has 0 aliphatic carbocycles. The van der Waals surface area contributed by atoms with Crippen molar-refractivity contribution in [3.8, 4) is 11.4 Å². The molecular weight excluding hydrogens is 471 g/mol. The quantitative estimate of drug-likeness (QED) is 0.342. The van der Waals surface area contributed by atoms with Crippen LogP contribution in [-0.2, 0) is 4.74 Å². The third-order valence-corrected chi connectivity index (χ3v) is 4.52. The highest BCUT2D eigenvalue weighted by Crippen LogP contribution is 2.18. The lowest BCUT2D eigenvalue weighted by molar-refractivity contribution is 0.0389. The largest absolute Gasteiger partial charge is 0.379 e. The first-order valence-electron chi connectivity index (χ1n) is 9.40. The molecule has 28 heavy (non-hydrogen) atoms. The van der Waals surface area contributed by atoms with E-state index >= 15 is 0 Å². The van der Waals surface area contributed by atoms with E-state index in [1.165, 1.54) is 0 Å². The van der Waals surface area contributed by atoms with Gasteiger partial charge in [0.1, 0.15) is 0 Å². The monoisotopic (exact) mass is 500 g/mol. The molecule has 0 saturated carbocycles. The molecule has 1 saturated heterocycles. The number of hydrogen-bond donors (Lipinski definition) is 2. The molecule has 1 aromatic heterocycles. The minimum Gasteiger partial charge on any atom is -0.379 e. The minimum atomic E-state index is 0. The molecule has 2 N–H and O–H groups in total. The van der Waals surface area contributed by atoms with Gasteiger partial charge in [0.25, 0.3) is 0 Å². The van der Waals surface area contributed by atoms with Gasteiger partial charge >= 0.3 is 0 Å². The Kier molecular flexibility index (Phi) is 9.65. The Balaban J connectivity index is 0.00000280. The minimum absolute atomic E-state index is 0. The molecular formula is C19H29IN6O2. The molecule has 3 rings (SSSR count). The van der Waals surface area contributed by atoms with Crippen LogP contribution in [-0.4, -0.2) is 74.0 Å². The third-order valence-electron chi connectivity index (χ3n) is 4.52. The van der Waals surface area contributed by atoms with Crippen molar-refractivity contribution in [2.24, 2.45) is 4.99 Å². The van der Waals surface area contributed by atoms with Gasteiger partial charge in [0.15, 0.2) is 5.96 Å². The maximum atomic E-state index is 5.43. The van der Waals surface area contributed by atoms with E-state index in [9.17, 15) is 0 Å². The van der Waals surface area contributed by atoms with Crippen LogP contribution >= 0.6 is 24.0 Å². The maximum absolute atomic E-state index is 5.43. The molecule has 1 aromatic carbocycles. The smallest absolute Gasteiger partial charge is 0.231 e. The second-order valence-electron chi connectivity index (χ2n) is 6.56. The first kappa shape index (κ1) is 22.6. The molecule has 0 radical (unpaired) electrons. The van der Waals surface area contributed by atoms with Crippen molar-refractivity contribution < 1.29 is 9.26 Å². The molecule has 1 aliphatic heterocycles. The number of hydrogen-bond acceptors (Lipinski definition) is 6. The van der Waals surface area contributed by atoms with E-state index in [-0.39, 0.29) is 29.9 Å². The number of aromatic nitrogens is 2.